The maximum absolute atomic E-state index is 12.4. The molecule has 0 bridgehead atoms. The maximum Gasteiger partial charge on any atom is 0.244 e. The summed E-state index contributed by atoms with van der Waals surface area (Å²) in [5, 5.41) is 0. The van der Waals surface area contributed by atoms with Gasteiger partial charge in [-0.1, -0.05) is 6.92 Å². The molecule has 1 aromatic rings. The third-order valence-corrected chi connectivity index (χ3v) is 5.57. The fraction of sp³-hybridized carbons (Fsp3) is 0.667. The summed E-state index contributed by atoms with van der Waals surface area (Å²) in [5.41, 5.74) is 0.852. The summed E-state index contributed by atoms with van der Waals surface area (Å²) in [5.74, 6) is 0.778. The van der Waals surface area contributed by atoms with E-state index >= 15 is 0 Å². The SMILES string of the molecule is CCn1cc(S(=O)(=O)N2CCC(C)C2)cc1CCl. The minimum atomic E-state index is -3.34. The van der Waals surface area contributed by atoms with Crippen LogP contribution in [-0.2, 0) is 22.4 Å². The number of sulfonamides is 1. The van der Waals surface area contributed by atoms with Gasteiger partial charge in [0.25, 0.3) is 0 Å². The summed E-state index contributed by atoms with van der Waals surface area (Å²) in [6.07, 6.45) is 2.63. The van der Waals surface area contributed by atoms with Gasteiger partial charge in [0.15, 0.2) is 0 Å². The highest BCUT2D eigenvalue weighted by Gasteiger charge is 2.31. The number of rotatable bonds is 4. The second-order valence-corrected chi connectivity index (χ2v) is 7.05. The third kappa shape index (κ3) is 2.44. The van der Waals surface area contributed by atoms with Gasteiger partial charge in [-0.15, -0.1) is 11.6 Å². The molecule has 0 amide bonds. The molecule has 102 valence electrons. The van der Waals surface area contributed by atoms with E-state index in [1.807, 2.05) is 11.5 Å². The normalized spacial score (nSPS) is 21.6. The molecule has 1 unspecified atom stereocenters. The first-order valence-electron chi connectivity index (χ1n) is 6.24. The van der Waals surface area contributed by atoms with Crippen molar-refractivity contribution in [2.24, 2.45) is 5.92 Å². The Balaban J connectivity index is 2.32. The lowest BCUT2D eigenvalue weighted by Gasteiger charge is -2.14. The quantitative estimate of drug-likeness (QED) is 0.799. The van der Waals surface area contributed by atoms with Gasteiger partial charge in [-0.2, -0.15) is 4.31 Å². The standard InChI is InChI=1S/C12H19ClN2O2S/c1-3-14-9-12(6-11(14)7-13)18(16,17)15-5-4-10(2)8-15/h6,9-10H,3-5,7-8H2,1-2H3. The molecule has 2 heterocycles. The van der Waals surface area contributed by atoms with Crippen LogP contribution in [0.3, 0.4) is 0 Å². The number of nitrogens with zero attached hydrogens (tertiary/aromatic N) is 2. The van der Waals surface area contributed by atoms with Crippen LogP contribution in [-0.4, -0.2) is 30.4 Å². The molecule has 0 saturated carbocycles. The summed E-state index contributed by atoms with van der Waals surface area (Å²) >= 11 is 5.83. The lowest BCUT2D eigenvalue weighted by atomic mass is 10.2. The number of hydrogen-bond acceptors (Lipinski definition) is 2. The zero-order valence-corrected chi connectivity index (χ0v) is 12.3. The van der Waals surface area contributed by atoms with E-state index in [2.05, 4.69) is 6.92 Å². The lowest BCUT2D eigenvalue weighted by molar-refractivity contribution is 0.464. The van der Waals surface area contributed by atoms with Crippen molar-refractivity contribution in [3.8, 4) is 0 Å². The van der Waals surface area contributed by atoms with Gasteiger partial charge in [0.1, 0.15) is 4.90 Å². The van der Waals surface area contributed by atoms with E-state index in [9.17, 15) is 8.42 Å². The molecule has 1 saturated heterocycles. The van der Waals surface area contributed by atoms with E-state index in [4.69, 9.17) is 11.6 Å². The smallest absolute Gasteiger partial charge is 0.244 e. The van der Waals surface area contributed by atoms with Gasteiger partial charge < -0.3 is 4.57 Å². The van der Waals surface area contributed by atoms with Crippen LogP contribution in [0.5, 0.6) is 0 Å². The molecule has 0 aliphatic carbocycles. The minimum Gasteiger partial charge on any atom is -0.349 e. The molecule has 0 spiro atoms. The van der Waals surface area contributed by atoms with Crippen LogP contribution in [0.15, 0.2) is 17.2 Å². The molecule has 18 heavy (non-hydrogen) atoms. The Labute approximate surface area is 114 Å². The second-order valence-electron chi connectivity index (χ2n) is 4.84. The molecular formula is C12H19ClN2O2S. The van der Waals surface area contributed by atoms with Crippen molar-refractivity contribution >= 4 is 21.6 Å². The molecular weight excluding hydrogens is 272 g/mol. The number of halogens is 1. The summed E-state index contributed by atoms with van der Waals surface area (Å²) in [4.78, 5) is 0.370. The van der Waals surface area contributed by atoms with E-state index in [1.54, 1.807) is 16.6 Å². The Morgan fingerprint density at radius 2 is 2.22 bits per heavy atom. The largest absolute Gasteiger partial charge is 0.349 e. The molecule has 4 nitrogen and oxygen atoms in total. The monoisotopic (exact) mass is 290 g/mol. The second kappa shape index (κ2) is 5.23. The van der Waals surface area contributed by atoms with E-state index in [1.165, 1.54) is 0 Å². The maximum atomic E-state index is 12.4. The topological polar surface area (TPSA) is 42.3 Å². The molecule has 1 aliphatic rings. The molecule has 6 heteroatoms. The van der Waals surface area contributed by atoms with E-state index in [0.717, 1.165) is 18.7 Å². The van der Waals surface area contributed by atoms with Crippen molar-refractivity contribution in [2.75, 3.05) is 13.1 Å². The number of aryl methyl sites for hydroxylation is 1. The number of hydrogen-bond donors (Lipinski definition) is 0. The molecule has 1 aromatic heterocycles. The Morgan fingerprint density at radius 3 is 2.67 bits per heavy atom. The van der Waals surface area contributed by atoms with Crippen molar-refractivity contribution in [1.82, 2.24) is 8.87 Å². The fourth-order valence-electron chi connectivity index (χ4n) is 2.33. The summed E-state index contributed by atoms with van der Waals surface area (Å²) in [6.45, 7) is 6.03. The number of alkyl halides is 1. The molecule has 1 atom stereocenters. The van der Waals surface area contributed by atoms with Gasteiger partial charge in [0.2, 0.25) is 10.0 Å². The zero-order valence-electron chi connectivity index (χ0n) is 10.8. The van der Waals surface area contributed by atoms with E-state index in [0.29, 0.717) is 29.8 Å². The average molecular weight is 291 g/mol. The van der Waals surface area contributed by atoms with Crippen LogP contribution in [0, 0.1) is 5.92 Å². The van der Waals surface area contributed by atoms with Crippen molar-refractivity contribution in [2.45, 2.75) is 37.6 Å². The highest BCUT2D eigenvalue weighted by Crippen LogP contribution is 2.25. The van der Waals surface area contributed by atoms with Crippen molar-refractivity contribution < 1.29 is 8.42 Å². The fourth-order valence-corrected chi connectivity index (χ4v) is 4.20. The van der Waals surface area contributed by atoms with E-state index in [-0.39, 0.29) is 0 Å². The Morgan fingerprint density at radius 1 is 1.50 bits per heavy atom. The van der Waals surface area contributed by atoms with Crippen LogP contribution >= 0.6 is 11.6 Å². The third-order valence-electron chi connectivity index (χ3n) is 3.46. The Bertz CT molecular complexity index is 503. The van der Waals surface area contributed by atoms with Gasteiger partial charge in [0.05, 0.1) is 5.88 Å². The van der Waals surface area contributed by atoms with Crippen LogP contribution < -0.4 is 0 Å². The number of aromatic nitrogens is 1. The highest BCUT2D eigenvalue weighted by molar-refractivity contribution is 7.89. The molecule has 0 aromatic carbocycles. The molecule has 0 radical (unpaired) electrons. The van der Waals surface area contributed by atoms with Crippen LogP contribution in [0.25, 0.3) is 0 Å². The van der Waals surface area contributed by atoms with Crippen LogP contribution in [0.2, 0.25) is 0 Å². The molecule has 0 N–H and O–H groups in total. The van der Waals surface area contributed by atoms with Crippen molar-refractivity contribution in [3.05, 3.63) is 18.0 Å². The predicted octanol–water partition coefficient (Wildman–Crippen LogP) is 2.28. The molecule has 2 rings (SSSR count). The van der Waals surface area contributed by atoms with E-state index < -0.39 is 10.0 Å². The van der Waals surface area contributed by atoms with Crippen LogP contribution in [0.1, 0.15) is 26.0 Å². The Kier molecular flexibility index (Phi) is 4.04. The zero-order chi connectivity index (χ0) is 13.3. The first-order chi connectivity index (χ1) is 8.48. The first kappa shape index (κ1) is 13.9. The molecule has 1 aliphatic heterocycles. The summed E-state index contributed by atoms with van der Waals surface area (Å²) < 4.78 is 28.4. The van der Waals surface area contributed by atoms with Gasteiger partial charge in [-0.25, -0.2) is 8.42 Å². The van der Waals surface area contributed by atoms with Crippen molar-refractivity contribution in [1.29, 1.82) is 0 Å². The van der Waals surface area contributed by atoms with Crippen molar-refractivity contribution in [3.63, 3.8) is 0 Å². The summed E-state index contributed by atoms with van der Waals surface area (Å²) in [6, 6.07) is 1.69. The molecule has 1 fully saturated rings. The van der Waals surface area contributed by atoms with Gasteiger partial charge in [-0.05, 0) is 25.3 Å². The van der Waals surface area contributed by atoms with Gasteiger partial charge in [-0.3, -0.25) is 0 Å². The van der Waals surface area contributed by atoms with Gasteiger partial charge >= 0.3 is 0 Å². The predicted molar refractivity (Wildman–Crippen MR) is 72.2 cm³/mol. The first-order valence-corrected chi connectivity index (χ1v) is 8.21. The summed E-state index contributed by atoms with van der Waals surface area (Å²) in [7, 11) is -3.34. The lowest BCUT2D eigenvalue weighted by Crippen LogP contribution is -2.28. The van der Waals surface area contributed by atoms with Gasteiger partial charge in [0, 0.05) is 31.5 Å². The highest BCUT2D eigenvalue weighted by atomic mass is 35.5. The average Bonchev–Trinajstić information content (AvgIpc) is 2.94. The minimum absolute atomic E-state index is 0.333. The Hall–Kier alpha value is -0.520. The van der Waals surface area contributed by atoms with Crippen LogP contribution in [0.4, 0.5) is 0 Å².